The molecule has 6 nitrogen and oxygen atoms in total. The number of anilines is 2. The Morgan fingerprint density at radius 1 is 0.872 bits per heavy atom. The summed E-state index contributed by atoms with van der Waals surface area (Å²) in [4.78, 5) is 15.1. The molecule has 2 aromatic carbocycles. The Balaban J connectivity index is 1.40. The minimum Gasteiger partial charge on any atom is -0.497 e. The summed E-state index contributed by atoms with van der Waals surface area (Å²) in [5, 5.41) is 8.07. The zero-order valence-electron chi connectivity index (χ0n) is 23.9. The summed E-state index contributed by atoms with van der Waals surface area (Å²) in [7, 11) is 1.63. The van der Waals surface area contributed by atoms with Crippen LogP contribution in [0.15, 0.2) is 54.1 Å². The summed E-state index contributed by atoms with van der Waals surface area (Å²) in [6.07, 6.45) is 17.8. The van der Waals surface area contributed by atoms with E-state index < -0.39 is 0 Å². The number of rotatable bonds is 19. The molecule has 0 aromatic heterocycles. The van der Waals surface area contributed by atoms with Gasteiger partial charge in [0.05, 0.1) is 25.3 Å². The van der Waals surface area contributed by atoms with Crippen LogP contribution in [0.5, 0.6) is 11.5 Å². The maximum absolute atomic E-state index is 12.9. The maximum Gasteiger partial charge on any atom is 0.323 e. The van der Waals surface area contributed by atoms with Crippen molar-refractivity contribution in [3.8, 4) is 11.5 Å². The zero-order valence-corrected chi connectivity index (χ0v) is 24.7. The second-order valence-electron chi connectivity index (χ2n) is 10.2. The minimum atomic E-state index is -0.297. The van der Waals surface area contributed by atoms with Crippen LogP contribution in [0, 0.1) is 0 Å². The molecule has 7 heteroatoms. The molecular formula is C32H47N3O3S. The second kappa shape index (κ2) is 18.5. The van der Waals surface area contributed by atoms with Crippen LogP contribution in [-0.2, 0) is 6.54 Å². The quantitative estimate of drug-likeness (QED) is 0.170. The Labute approximate surface area is 239 Å². The molecule has 3 rings (SSSR count). The third-order valence-corrected chi connectivity index (χ3v) is 7.73. The zero-order chi connectivity index (χ0) is 27.5. The molecule has 0 spiro atoms. The fraction of sp³-hybridized carbons (Fsp3) is 0.531. The van der Waals surface area contributed by atoms with Crippen molar-refractivity contribution >= 4 is 29.2 Å². The van der Waals surface area contributed by atoms with Crippen molar-refractivity contribution in [3.63, 3.8) is 0 Å². The number of urea groups is 1. The normalized spacial score (nSPS) is 12.5. The van der Waals surface area contributed by atoms with E-state index in [-0.39, 0.29) is 6.03 Å². The lowest BCUT2D eigenvalue weighted by molar-refractivity contribution is 0.261. The highest BCUT2D eigenvalue weighted by atomic mass is 32.2. The molecule has 39 heavy (non-hydrogen) atoms. The summed E-state index contributed by atoms with van der Waals surface area (Å²) >= 11 is 1.77. The highest BCUT2D eigenvalue weighted by molar-refractivity contribution is 8.02. The number of hydrogen-bond acceptors (Lipinski definition) is 5. The number of nitrogens with one attached hydrogen (secondary N) is 2. The number of ether oxygens (including phenoxy) is 2. The smallest absolute Gasteiger partial charge is 0.323 e. The molecule has 214 valence electrons. The Bertz CT molecular complexity index is 1010. The molecule has 1 aliphatic heterocycles. The van der Waals surface area contributed by atoms with Gasteiger partial charge in [-0.25, -0.2) is 4.79 Å². The number of unbranched alkanes of at least 4 members (excludes halogenated alkanes) is 11. The van der Waals surface area contributed by atoms with Crippen molar-refractivity contribution in [2.75, 3.05) is 30.2 Å². The predicted molar refractivity (Wildman–Crippen MR) is 166 cm³/mol. The number of para-hydroxylation sites is 1. The Hall–Kier alpha value is -2.80. The standard InChI is InChI=1S/C32H47N3O3S/c1-3-4-5-6-7-8-9-10-11-12-13-16-22-38-31-24-28(37-2)19-20-30(31)34-32(36)33-29-18-15-14-17-27(29)25-35-21-23-39-26-35/h14-15,17-21,23-24H,3-13,16,22,25-26H2,1-2H3,(H2,33,34,36). The highest BCUT2D eigenvalue weighted by Gasteiger charge is 2.13. The van der Waals surface area contributed by atoms with Crippen LogP contribution in [0.1, 0.15) is 89.5 Å². The van der Waals surface area contributed by atoms with Gasteiger partial charge in [-0.15, -0.1) is 11.8 Å². The van der Waals surface area contributed by atoms with E-state index >= 15 is 0 Å². The van der Waals surface area contributed by atoms with Gasteiger partial charge in [0.2, 0.25) is 0 Å². The molecule has 0 atom stereocenters. The van der Waals surface area contributed by atoms with Crippen LogP contribution in [0.2, 0.25) is 0 Å². The molecule has 1 aliphatic rings. The third-order valence-electron chi connectivity index (χ3n) is 6.94. The average Bonchev–Trinajstić information content (AvgIpc) is 3.46. The predicted octanol–water partition coefficient (Wildman–Crippen LogP) is 9.40. The van der Waals surface area contributed by atoms with Crippen molar-refractivity contribution < 1.29 is 14.3 Å². The van der Waals surface area contributed by atoms with E-state index in [1.807, 2.05) is 42.5 Å². The minimum absolute atomic E-state index is 0.297. The van der Waals surface area contributed by atoms with Gasteiger partial charge in [0, 0.05) is 24.5 Å². The topological polar surface area (TPSA) is 62.8 Å². The van der Waals surface area contributed by atoms with Crippen molar-refractivity contribution in [2.45, 2.75) is 90.5 Å². The third kappa shape index (κ3) is 11.9. The molecule has 0 fully saturated rings. The molecule has 2 aromatic rings. The number of amides is 2. The van der Waals surface area contributed by atoms with Gasteiger partial charge in [0.15, 0.2) is 0 Å². The van der Waals surface area contributed by atoms with Crippen molar-refractivity contribution in [2.24, 2.45) is 0 Å². The van der Waals surface area contributed by atoms with Crippen LogP contribution in [-0.4, -0.2) is 30.5 Å². The lowest BCUT2D eigenvalue weighted by Crippen LogP contribution is -2.22. The molecule has 0 saturated heterocycles. The number of thioether (sulfide) groups is 1. The van der Waals surface area contributed by atoms with Crippen LogP contribution in [0.4, 0.5) is 16.2 Å². The van der Waals surface area contributed by atoms with E-state index in [1.165, 1.54) is 64.2 Å². The van der Waals surface area contributed by atoms with Gasteiger partial charge in [0.1, 0.15) is 11.5 Å². The Morgan fingerprint density at radius 3 is 2.21 bits per heavy atom. The molecule has 0 aliphatic carbocycles. The fourth-order valence-electron chi connectivity index (χ4n) is 4.66. The molecule has 0 bridgehead atoms. The first-order chi connectivity index (χ1) is 19.2. The first-order valence-electron chi connectivity index (χ1n) is 14.7. The van der Waals surface area contributed by atoms with Crippen molar-refractivity contribution in [1.82, 2.24) is 4.90 Å². The van der Waals surface area contributed by atoms with Crippen LogP contribution >= 0.6 is 11.8 Å². The lowest BCUT2D eigenvalue weighted by atomic mass is 10.1. The highest BCUT2D eigenvalue weighted by Crippen LogP contribution is 2.30. The summed E-state index contributed by atoms with van der Waals surface area (Å²) < 4.78 is 11.5. The van der Waals surface area contributed by atoms with Crippen molar-refractivity contribution in [1.29, 1.82) is 0 Å². The maximum atomic E-state index is 12.9. The van der Waals surface area contributed by atoms with E-state index in [0.29, 0.717) is 23.8 Å². The summed E-state index contributed by atoms with van der Waals surface area (Å²) in [6.45, 7) is 3.63. The molecular weight excluding hydrogens is 506 g/mol. The number of nitrogens with zero attached hydrogens (tertiary/aromatic N) is 1. The summed E-state index contributed by atoms with van der Waals surface area (Å²) in [6, 6.07) is 13.1. The van der Waals surface area contributed by atoms with E-state index in [2.05, 4.69) is 34.1 Å². The van der Waals surface area contributed by atoms with Crippen LogP contribution in [0.25, 0.3) is 0 Å². The van der Waals surface area contributed by atoms with Gasteiger partial charge in [0.25, 0.3) is 0 Å². The first-order valence-corrected chi connectivity index (χ1v) is 15.7. The Kier molecular flexibility index (Phi) is 14.6. The Morgan fingerprint density at radius 2 is 1.54 bits per heavy atom. The number of benzene rings is 2. The first kappa shape index (κ1) is 30.7. The van der Waals surface area contributed by atoms with Gasteiger partial charge in [-0.3, -0.25) is 0 Å². The molecule has 2 N–H and O–H groups in total. The van der Waals surface area contributed by atoms with E-state index in [9.17, 15) is 4.79 Å². The number of carbonyl (C=O) groups is 1. The fourth-order valence-corrected chi connectivity index (χ4v) is 5.37. The van der Waals surface area contributed by atoms with Crippen LogP contribution < -0.4 is 20.1 Å². The summed E-state index contributed by atoms with van der Waals surface area (Å²) in [5.74, 6) is 2.25. The largest absolute Gasteiger partial charge is 0.497 e. The van der Waals surface area contributed by atoms with Gasteiger partial charge in [-0.1, -0.05) is 95.8 Å². The van der Waals surface area contributed by atoms with E-state index in [1.54, 1.807) is 18.9 Å². The molecule has 0 saturated carbocycles. The van der Waals surface area contributed by atoms with Crippen LogP contribution in [0.3, 0.4) is 0 Å². The average molecular weight is 554 g/mol. The lowest BCUT2D eigenvalue weighted by Gasteiger charge is -2.18. The van der Waals surface area contributed by atoms with Gasteiger partial charge in [-0.2, -0.15) is 0 Å². The van der Waals surface area contributed by atoms with Crippen molar-refractivity contribution in [3.05, 3.63) is 59.6 Å². The second-order valence-corrected chi connectivity index (χ2v) is 11.0. The van der Waals surface area contributed by atoms with E-state index in [4.69, 9.17) is 9.47 Å². The number of methoxy groups -OCH3 is 1. The van der Waals surface area contributed by atoms with Gasteiger partial charge < -0.3 is 25.0 Å². The number of hydrogen-bond donors (Lipinski definition) is 2. The summed E-state index contributed by atoms with van der Waals surface area (Å²) in [5.41, 5.74) is 2.49. The van der Waals surface area contributed by atoms with Gasteiger partial charge in [-0.05, 0) is 35.6 Å². The molecule has 1 heterocycles. The molecule has 0 unspecified atom stereocenters. The number of carbonyl (C=O) groups excluding carboxylic acids is 1. The molecule has 2 amide bonds. The SMILES string of the molecule is CCCCCCCCCCCCCCOc1cc(OC)ccc1NC(=O)Nc1ccccc1CN1C=CSC1. The van der Waals surface area contributed by atoms with Gasteiger partial charge >= 0.3 is 6.03 Å². The monoisotopic (exact) mass is 553 g/mol. The molecule has 0 radical (unpaired) electrons. The van der Waals surface area contributed by atoms with E-state index in [0.717, 1.165) is 36.5 Å².